The zero-order valence-corrected chi connectivity index (χ0v) is 9.01. The van der Waals surface area contributed by atoms with Gasteiger partial charge in [0.05, 0.1) is 5.69 Å². The maximum atomic E-state index is 13.0. The summed E-state index contributed by atoms with van der Waals surface area (Å²) in [5, 5.41) is 0.995. The van der Waals surface area contributed by atoms with Gasteiger partial charge in [0.2, 0.25) is 0 Å². The van der Waals surface area contributed by atoms with E-state index in [1.165, 1.54) is 18.2 Å². The number of hydrazine groups is 1. The quantitative estimate of drug-likeness (QED) is 0.489. The van der Waals surface area contributed by atoms with Crippen molar-refractivity contribution in [3.63, 3.8) is 0 Å². The Hall–Kier alpha value is -2.20. The zero-order chi connectivity index (χ0) is 12.3. The fourth-order valence-electron chi connectivity index (χ4n) is 1.47. The number of halogens is 1. The number of amides is 1. The third kappa shape index (κ3) is 2.49. The van der Waals surface area contributed by atoms with Crippen LogP contribution in [-0.2, 0) is 0 Å². The first-order valence-electron chi connectivity index (χ1n) is 5.08. The molecule has 2 aromatic rings. The van der Waals surface area contributed by atoms with Crippen molar-refractivity contribution in [2.75, 3.05) is 5.01 Å². The highest BCUT2D eigenvalue weighted by Crippen LogP contribution is 2.13. The van der Waals surface area contributed by atoms with Crippen molar-refractivity contribution in [3.05, 3.63) is 66.0 Å². The Labute approximate surface area is 98.3 Å². The lowest BCUT2D eigenvalue weighted by Crippen LogP contribution is -2.37. The van der Waals surface area contributed by atoms with E-state index in [1.807, 2.05) is 6.07 Å². The van der Waals surface area contributed by atoms with Gasteiger partial charge in [-0.2, -0.15) is 0 Å². The molecule has 2 aromatic carbocycles. The van der Waals surface area contributed by atoms with E-state index in [-0.39, 0.29) is 5.56 Å². The number of para-hydroxylation sites is 1. The number of nitrogens with two attached hydrogens (primary N) is 1. The second-order valence-electron chi connectivity index (χ2n) is 3.52. The molecule has 0 atom stereocenters. The summed E-state index contributed by atoms with van der Waals surface area (Å²) in [7, 11) is 0. The van der Waals surface area contributed by atoms with E-state index >= 15 is 0 Å². The molecule has 0 heterocycles. The Morgan fingerprint density at radius 2 is 1.76 bits per heavy atom. The number of carbonyl (C=O) groups excluding carboxylic acids is 1. The minimum absolute atomic E-state index is 0.219. The van der Waals surface area contributed by atoms with Crippen LogP contribution in [0.2, 0.25) is 0 Å². The molecule has 0 aliphatic heterocycles. The molecule has 4 heteroatoms. The second kappa shape index (κ2) is 4.76. The smallest absolute Gasteiger partial charge is 0.267 e. The van der Waals surface area contributed by atoms with E-state index in [4.69, 9.17) is 5.84 Å². The van der Waals surface area contributed by atoms with Crippen LogP contribution in [0.15, 0.2) is 54.6 Å². The molecule has 0 aliphatic rings. The van der Waals surface area contributed by atoms with Gasteiger partial charge >= 0.3 is 0 Å². The predicted molar refractivity (Wildman–Crippen MR) is 63.8 cm³/mol. The summed E-state index contributed by atoms with van der Waals surface area (Å²) in [6, 6.07) is 14.2. The molecule has 0 saturated carbocycles. The first-order valence-corrected chi connectivity index (χ1v) is 5.08. The zero-order valence-electron chi connectivity index (χ0n) is 9.01. The average molecular weight is 230 g/mol. The Kier molecular flexibility index (Phi) is 3.16. The summed E-state index contributed by atoms with van der Waals surface area (Å²) in [6.45, 7) is 0. The Morgan fingerprint density at radius 3 is 2.41 bits per heavy atom. The molecule has 0 radical (unpaired) electrons. The predicted octanol–water partition coefficient (Wildman–Crippen LogP) is 2.35. The molecule has 0 aliphatic carbocycles. The average Bonchev–Trinajstić information content (AvgIpc) is 2.38. The van der Waals surface area contributed by atoms with Crippen molar-refractivity contribution in [2.24, 2.45) is 5.84 Å². The summed E-state index contributed by atoms with van der Waals surface area (Å²) in [4.78, 5) is 11.9. The number of hydrogen-bond acceptors (Lipinski definition) is 2. The molecular formula is C13H11FN2O. The van der Waals surface area contributed by atoms with Gasteiger partial charge in [0, 0.05) is 5.56 Å². The number of carbonyl (C=O) groups is 1. The van der Waals surface area contributed by atoms with Crippen molar-refractivity contribution in [1.29, 1.82) is 0 Å². The molecule has 86 valence electrons. The van der Waals surface area contributed by atoms with Crippen LogP contribution in [0.1, 0.15) is 10.4 Å². The molecule has 2 rings (SSSR count). The van der Waals surface area contributed by atoms with Crippen molar-refractivity contribution in [2.45, 2.75) is 0 Å². The van der Waals surface area contributed by atoms with Gasteiger partial charge in [-0.15, -0.1) is 0 Å². The standard InChI is InChI=1S/C13H11FN2O/c14-11-6-4-5-10(9-11)13(17)16(15)12-7-2-1-3-8-12/h1-9H,15H2. The van der Waals surface area contributed by atoms with Gasteiger partial charge in [0.15, 0.2) is 0 Å². The van der Waals surface area contributed by atoms with Crippen LogP contribution in [0.4, 0.5) is 10.1 Å². The van der Waals surface area contributed by atoms with Crippen LogP contribution in [-0.4, -0.2) is 5.91 Å². The van der Waals surface area contributed by atoms with Gasteiger partial charge in [-0.1, -0.05) is 24.3 Å². The Morgan fingerprint density at radius 1 is 1.06 bits per heavy atom. The van der Waals surface area contributed by atoms with Crippen LogP contribution in [0, 0.1) is 5.82 Å². The lowest BCUT2D eigenvalue weighted by molar-refractivity contribution is 0.0986. The molecule has 17 heavy (non-hydrogen) atoms. The van der Waals surface area contributed by atoms with E-state index in [9.17, 15) is 9.18 Å². The number of benzene rings is 2. The maximum Gasteiger partial charge on any atom is 0.272 e. The normalized spacial score (nSPS) is 10.0. The number of hydrogen-bond donors (Lipinski definition) is 1. The molecule has 0 unspecified atom stereocenters. The number of anilines is 1. The highest BCUT2D eigenvalue weighted by molar-refractivity contribution is 6.05. The van der Waals surface area contributed by atoms with Gasteiger partial charge < -0.3 is 0 Å². The highest BCUT2D eigenvalue weighted by atomic mass is 19.1. The van der Waals surface area contributed by atoms with Crippen LogP contribution in [0.5, 0.6) is 0 Å². The Bertz CT molecular complexity index is 528. The molecule has 3 nitrogen and oxygen atoms in total. The maximum absolute atomic E-state index is 13.0. The van der Waals surface area contributed by atoms with Gasteiger partial charge in [-0.25, -0.2) is 15.2 Å². The summed E-state index contributed by atoms with van der Waals surface area (Å²) < 4.78 is 13.0. The summed E-state index contributed by atoms with van der Waals surface area (Å²) >= 11 is 0. The van der Waals surface area contributed by atoms with E-state index in [0.717, 1.165) is 11.1 Å². The first-order chi connectivity index (χ1) is 8.18. The van der Waals surface area contributed by atoms with Crippen LogP contribution >= 0.6 is 0 Å². The van der Waals surface area contributed by atoms with Gasteiger partial charge in [-0.3, -0.25) is 4.79 Å². The molecule has 0 fully saturated rings. The fraction of sp³-hybridized carbons (Fsp3) is 0. The fourth-order valence-corrected chi connectivity index (χ4v) is 1.47. The second-order valence-corrected chi connectivity index (χ2v) is 3.52. The minimum Gasteiger partial charge on any atom is -0.267 e. The highest BCUT2D eigenvalue weighted by Gasteiger charge is 2.14. The molecule has 2 N–H and O–H groups in total. The third-order valence-corrected chi connectivity index (χ3v) is 2.32. The van der Waals surface area contributed by atoms with Gasteiger partial charge in [0.25, 0.3) is 5.91 Å². The van der Waals surface area contributed by atoms with Crippen molar-refractivity contribution in [1.82, 2.24) is 0 Å². The van der Waals surface area contributed by atoms with Crippen LogP contribution < -0.4 is 10.9 Å². The third-order valence-electron chi connectivity index (χ3n) is 2.32. The molecule has 0 aromatic heterocycles. The molecule has 1 amide bonds. The lowest BCUT2D eigenvalue weighted by atomic mass is 10.2. The summed E-state index contributed by atoms with van der Waals surface area (Å²) in [5.41, 5.74) is 0.776. The lowest BCUT2D eigenvalue weighted by Gasteiger charge is -2.16. The Balaban J connectivity index is 2.27. The van der Waals surface area contributed by atoms with E-state index < -0.39 is 11.7 Å². The topological polar surface area (TPSA) is 46.3 Å². The van der Waals surface area contributed by atoms with Crippen molar-refractivity contribution in [3.8, 4) is 0 Å². The van der Waals surface area contributed by atoms with E-state index in [1.54, 1.807) is 24.3 Å². The number of rotatable bonds is 2. The van der Waals surface area contributed by atoms with Crippen molar-refractivity contribution >= 4 is 11.6 Å². The minimum atomic E-state index is -0.461. The van der Waals surface area contributed by atoms with E-state index in [2.05, 4.69) is 0 Å². The van der Waals surface area contributed by atoms with Crippen LogP contribution in [0.25, 0.3) is 0 Å². The van der Waals surface area contributed by atoms with Crippen LogP contribution in [0.3, 0.4) is 0 Å². The molecular weight excluding hydrogens is 219 g/mol. The summed E-state index contributed by atoms with van der Waals surface area (Å²) in [5.74, 6) is 4.77. The number of nitrogens with zero attached hydrogens (tertiary/aromatic N) is 1. The van der Waals surface area contributed by atoms with Gasteiger partial charge in [0.1, 0.15) is 5.82 Å². The largest absolute Gasteiger partial charge is 0.272 e. The molecule has 0 spiro atoms. The monoisotopic (exact) mass is 230 g/mol. The summed E-state index contributed by atoms with van der Waals surface area (Å²) in [6.07, 6.45) is 0. The SMILES string of the molecule is NN(C(=O)c1cccc(F)c1)c1ccccc1. The first kappa shape index (κ1) is 11.3. The van der Waals surface area contributed by atoms with E-state index in [0.29, 0.717) is 5.69 Å². The molecule has 0 saturated heterocycles. The van der Waals surface area contributed by atoms with Gasteiger partial charge in [-0.05, 0) is 30.3 Å². The van der Waals surface area contributed by atoms with Crippen molar-refractivity contribution < 1.29 is 9.18 Å². The molecule has 0 bridgehead atoms.